The third-order valence-corrected chi connectivity index (χ3v) is 6.83. The van der Waals surface area contributed by atoms with E-state index in [1.54, 1.807) is 0 Å². The fraction of sp³-hybridized carbons (Fsp3) is 0.367. The summed E-state index contributed by atoms with van der Waals surface area (Å²) in [7, 11) is 0. The molecule has 0 bridgehead atoms. The minimum atomic E-state index is -0.760. The van der Waals surface area contributed by atoms with Crippen LogP contribution in [0.15, 0.2) is 66.7 Å². The van der Waals surface area contributed by atoms with Crippen LogP contribution in [0.25, 0.3) is 11.1 Å². The summed E-state index contributed by atoms with van der Waals surface area (Å²) in [5.74, 6) is -0.434. The van der Waals surface area contributed by atoms with Gasteiger partial charge in [-0.3, -0.25) is 4.79 Å². The Balaban J connectivity index is 2.18. The maximum Gasteiger partial charge on any atom is 0.310 e. The third kappa shape index (κ3) is 7.08. The van der Waals surface area contributed by atoms with Crippen LogP contribution in [0.5, 0.6) is 0 Å². The lowest BCUT2D eigenvalue weighted by molar-refractivity contribution is -0.139. The molecule has 1 atom stereocenters. The van der Waals surface area contributed by atoms with E-state index in [2.05, 4.69) is 129 Å². The van der Waals surface area contributed by atoms with Crippen molar-refractivity contribution in [3.8, 4) is 11.1 Å². The minimum Gasteiger partial charge on any atom is -0.481 e. The summed E-state index contributed by atoms with van der Waals surface area (Å²) >= 11 is 2.33. The standard InChI is InChI=1S/C30H36INO2/c1-20(2)14-15-32(27-12-10-26(31)11-13-27)28-18-24(23-8-6-22(5)7-9-23)17-25(19-28)29(30(33)34)16-21(3)4/h6-13,17-21,29H,14-16H2,1-5H3,(H,33,34). The first kappa shape index (κ1) is 26.3. The molecule has 3 aromatic rings. The Morgan fingerprint density at radius 2 is 1.50 bits per heavy atom. The van der Waals surface area contributed by atoms with Gasteiger partial charge in [-0.1, -0.05) is 63.6 Å². The number of carboxylic acids is 1. The number of aliphatic carboxylic acids is 1. The molecule has 0 fully saturated rings. The van der Waals surface area contributed by atoms with Gasteiger partial charge in [-0.05, 0) is 107 Å². The van der Waals surface area contributed by atoms with Crippen molar-refractivity contribution in [1.82, 2.24) is 0 Å². The van der Waals surface area contributed by atoms with Crippen LogP contribution in [-0.4, -0.2) is 17.6 Å². The highest BCUT2D eigenvalue weighted by atomic mass is 127. The number of hydrogen-bond acceptors (Lipinski definition) is 2. The molecule has 1 unspecified atom stereocenters. The summed E-state index contributed by atoms with van der Waals surface area (Å²) in [5.41, 5.74) is 6.42. The largest absolute Gasteiger partial charge is 0.481 e. The van der Waals surface area contributed by atoms with Gasteiger partial charge in [0.05, 0.1) is 5.92 Å². The van der Waals surface area contributed by atoms with Crippen molar-refractivity contribution in [2.75, 3.05) is 11.4 Å². The van der Waals surface area contributed by atoms with Crippen molar-refractivity contribution in [3.63, 3.8) is 0 Å². The highest BCUT2D eigenvalue weighted by molar-refractivity contribution is 14.1. The molecule has 3 aromatic carbocycles. The van der Waals surface area contributed by atoms with Gasteiger partial charge >= 0.3 is 5.97 Å². The van der Waals surface area contributed by atoms with Gasteiger partial charge in [0.2, 0.25) is 0 Å². The molecule has 0 aliphatic rings. The molecule has 0 amide bonds. The van der Waals surface area contributed by atoms with E-state index < -0.39 is 11.9 Å². The van der Waals surface area contributed by atoms with Crippen LogP contribution in [0, 0.1) is 22.3 Å². The van der Waals surface area contributed by atoms with Crippen molar-refractivity contribution in [2.24, 2.45) is 11.8 Å². The predicted molar refractivity (Wildman–Crippen MR) is 152 cm³/mol. The van der Waals surface area contributed by atoms with Crippen LogP contribution in [0.4, 0.5) is 11.4 Å². The Hall–Kier alpha value is -2.34. The second-order valence-electron chi connectivity index (χ2n) is 10.0. The normalized spacial score (nSPS) is 12.2. The van der Waals surface area contributed by atoms with Crippen LogP contribution in [0.2, 0.25) is 0 Å². The number of aryl methyl sites for hydroxylation is 1. The van der Waals surface area contributed by atoms with E-state index in [1.165, 1.54) is 9.13 Å². The van der Waals surface area contributed by atoms with Gasteiger partial charge in [-0.2, -0.15) is 0 Å². The van der Waals surface area contributed by atoms with Crippen molar-refractivity contribution >= 4 is 39.9 Å². The van der Waals surface area contributed by atoms with E-state index in [1.807, 2.05) is 0 Å². The van der Waals surface area contributed by atoms with E-state index >= 15 is 0 Å². The number of carboxylic acid groups (broad SMARTS) is 1. The second-order valence-corrected chi connectivity index (χ2v) is 11.3. The molecule has 34 heavy (non-hydrogen) atoms. The molecule has 1 N–H and O–H groups in total. The first-order valence-corrected chi connectivity index (χ1v) is 13.2. The Morgan fingerprint density at radius 3 is 2.06 bits per heavy atom. The summed E-state index contributed by atoms with van der Waals surface area (Å²) in [6.07, 6.45) is 1.66. The Kier molecular flexibility index (Phi) is 9.17. The number of hydrogen-bond donors (Lipinski definition) is 1. The minimum absolute atomic E-state index is 0.292. The summed E-state index contributed by atoms with van der Waals surface area (Å²) in [5, 5.41) is 10.1. The van der Waals surface area contributed by atoms with Gasteiger partial charge in [0.1, 0.15) is 0 Å². The highest BCUT2D eigenvalue weighted by Crippen LogP contribution is 2.36. The maximum atomic E-state index is 12.3. The molecule has 3 rings (SSSR count). The van der Waals surface area contributed by atoms with Crippen LogP contribution in [-0.2, 0) is 4.79 Å². The molecule has 180 valence electrons. The van der Waals surface area contributed by atoms with E-state index in [0.29, 0.717) is 18.3 Å². The number of anilines is 2. The van der Waals surface area contributed by atoms with Crippen LogP contribution in [0.1, 0.15) is 57.6 Å². The summed E-state index contributed by atoms with van der Waals surface area (Å²) < 4.78 is 1.20. The van der Waals surface area contributed by atoms with Crippen LogP contribution in [0.3, 0.4) is 0 Å². The molecule has 0 aliphatic heterocycles. The van der Waals surface area contributed by atoms with E-state index in [0.717, 1.165) is 41.0 Å². The number of halogens is 1. The monoisotopic (exact) mass is 569 g/mol. The average molecular weight is 570 g/mol. The predicted octanol–water partition coefficient (Wildman–Crippen LogP) is 8.67. The van der Waals surface area contributed by atoms with Gasteiger partial charge < -0.3 is 10.0 Å². The summed E-state index contributed by atoms with van der Waals surface area (Å²) in [6, 6.07) is 23.4. The molecule has 4 heteroatoms. The number of rotatable bonds is 10. The van der Waals surface area contributed by atoms with Crippen LogP contribution >= 0.6 is 22.6 Å². The van der Waals surface area contributed by atoms with Gasteiger partial charge in [-0.25, -0.2) is 0 Å². The lowest BCUT2D eigenvalue weighted by atomic mass is 9.88. The molecule has 0 radical (unpaired) electrons. The first-order valence-electron chi connectivity index (χ1n) is 12.1. The zero-order valence-corrected chi connectivity index (χ0v) is 23.0. The van der Waals surface area contributed by atoms with Gasteiger partial charge in [0.25, 0.3) is 0 Å². The zero-order chi connectivity index (χ0) is 24.8. The SMILES string of the molecule is Cc1ccc(-c2cc(C(CC(C)C)C(=O)O)cc(N(CCC(C)C)c3ccc(I)cc3)c2)cc1. The average Bonchev–Trinajstić information content (AvgIpc) is 2.78. The van der Waals surface area contributed by atoms with E-state index in [-0.39, 0.29) is 0 Å². The highest BCUT2D eigenvalue weighted by Gasteiger charge is 2.24. The number of nitrogens with zero attached hydrogens (tertiary/aromatic N) is 1. The molecule has 0 spiro atoms. The second kappa shape index (κ2) is 11.9. The lowest BCUT2D eigenvalue weighted by Crippen LogP contribution is -2.21. The molecule has 0 aromatic heterocycles. The van der Waals surface area contributed by atoms with E-state index in [9.17, 15) is 9.90 Å². The summed E-state index contributed by atoms with van der Waals surface area (Å²) in [6.45, 7) is 11.6. The quantitative estimate of drug-likeness (QED) is 0.249. The molecule has 0 saturated heterocycles. The summed E-state index contributed by atoms with van der Waals surface area (Å²) in [4.78, 5) is 14.7. The van der Waals surface area contributed by atoms with Crippen LogP contribution < -0.4 is 4.90 Å². The fourth-order valence-corrected chi connectivity index (χ4v) is 4.53. The third-order valence-electron chi connectivity index (χ3n) is 6.11. The van der Waals surface area contributed by atoms with E-state index in [4.69, 9.17) is 0 Å². The zero-order valence-electron chi connectivity index (χ0n) is 20.9. The van der Waals surface area contributed by atoms with Crippen molar-refractivity contribution in [3.05, 3.63) is 81.4 Å². The molecule has 0 heterocycles. The lowest BCUT2D eigenvalue weighted by Gasteiger charge is -2.28. The smallest absolute Gasteiger partial charge is 0.310 e. The molecule has 0 aliphatic carbocycles. The Morgan fingerprint density at radius 1 is 0.853 bits per heavy atom. The van der Waals surface area contributed by atoms with Crippen molar-refractivity contribution < 1.29 is 9.90 Å². The maximum absolute atomic E-state index is 12.3. The fourth-order valence-electron chi connectivity index (χ4n) is 4.17. The van der Waals surface area contributed by atoms with Gasteiger partial charge in [-0.15, -0.1) is 0 Å². The van der Waals surface area contributed by atoms with Crippen molar-refractivity contribution in [2.45, 2.75) is 53.4 Å². The Labute approximate surface area is 218 Å². The molecular formula is C30H36INO2. The topological polar surface area (TPSA) is 40.5 Å². The Bertz CT molecular complexity index is 1090. The number of carbonyl (C=O) groups is 1. The van der Waals surface area contributed by atoms with Gasteiger partial charge in [0, 0.05) is 21.5 Å². The molecular weight excluding hydrogens is 533 g/mol. The molecule has 0 saturated carbocycles. The first-order chi connectivity index (χ1) is 16.1. The molecule has 3 nitrogen and oxygen atoms in total. The van der Waals surface area contributed by atoms with Crippen molar-refractivity contribution in [1.29, 1.82) is 0 Å². The number of benzene rings is 3. The van der Waals surface area contributed by atoms with Gasteiger partial charge in [0.15, 0.2) is 0 Å².